The summed E-state index contributed by atoms with van der Waals surface area (Å²) in [6.45, 7) is 5.60. The molecule has 104 valence electrons. The molecule has 4 heteroatoms. The predicted octanol–water partition coefficient (Wildman–Crippen LogP) is 3.30. The molecule has 0 aliphatic carbocycles. The highest BCUT2D eigenvalue weighted by Crippen LogP contribution is 2.09. The minimum absolute atomic E-state index is 0. The van der Waals surface area contributed by atoms with Crippen molar-refractivity contribution in [2.45, 2.75) is 58.8 Å². The van der Waals surface area contributed by atoms with Crippen molar-refractivity contribution in [1.82, 2.24) is 0 Å². The molecule has 0 bridgehead atoms. The summed E-state index contributed by atoms with van der Waals surface area (Å²) >= 11 is 0. The van der Waals surface area contributed by atoms with E-state index in [0.717, 1.165) is 25.7 Å². The van der Waals surface area contributed by atoms with Gasteiger partial charge < -0.3 is 10.5 Å². The van der Waals surface area contributed by atoms with Gasteiger partial charge in [0, 0.05) is 6.42 Å². The Kier molecular flexibility index (Phi) is 15.5. The number of nitrogens with two attached hydrogens (primary N) is 1. The molecule has 0 saturated heterocycles. The van der Waals surface area contributed by atoms with E-state index in [9.17, 15) is 4.79 Å². The number of rotatable bonds is 10. The first-order valence-corrected chi connectivity index (χ1v) is 6.56. The molecule has 0 aliphatic rings. The minimum atomic E-state index is -0.0552. The van der Waals surface area contributed by atoms with E-state index in [0.29, 0.717) is 25.5 Å². The zero-order chi connectivity index (χ0) is 12.2. The summed E-state index contributed by atoms with van der Waals surface area (Å²) in [6, 6.07) is 0. The number of hydrogen-bond donors (Lipinski definition) is 1. The van der Waals surface area contributed by atoms with Gasteiger partial charge in [-0.25, -0.2) is 0 Å². The van der Waals surface area contributed by atoms with E-state index in [1.165, 1.54) is 12.8 Å². The maximum atomic E-state index is 11.3. The highest BCUT2D eigenvalue weighted by molar-refractivity contribution is 5.85. The Morgan fingerprint density at radius 2 is 1.94 bits per heavy atom. The van der Waals surface area contributed by atoms with Gasteiger partial charge in [0.15, 0.2) is 0 Å². The first-order valence-electron chi connectivity index (χ1n) is 6.56. The van der Waals surface area contributed by atoms with Crippen molar-refractivity contribution < 1.29 is 9.53 Å². The van der Waals surface area contributed by atoms with Gasteiger partial charge in [0.2, 0.25) is 0 Å². The van der Waals surface area contributed by atoms with Gasteiger partial charge in [0.1, 0.15) is 0 Å². The lowest BCUT2D eigenvalue weighted by atomic mass is 10.1. The third-order valence-corrected chi connectivity index (χ3v) is 2.66. The lowest BCUT2D eigenvalue weighted by Gasteiger charge is -2.11. The summed E-state index contributed by atoms with van der Waals surface area (Å²) in [6.07, 6.45) is 7.04. The Hall–Kier alpha value is -0.280. The molecule has 0 radical (unpaired) electrons. The molecular formula is C13H28ClNO2. The fraction of sp³-hybridized carbons (Fsp3) is 0.923. The molecule has 0 spiro atoms. The summed E-state index contributed by atoms with van der Waals surface area (Å²) in [5.74, 6) is 0.438. The van der Waals surface area contributed by atoms with Crippen molar-refractivity contribution in [2.24, 2.45) is 11.7 Å². The maximum Gasteiger partial charge on any atom is 0.305 e. The number of halogens is 1. The van der Waals surface area contributed by atoms with Crippen LogP contribution in [0.1, 0.15) is 58.8 Å². The third-order valence-electron chi connectivity index (χ3n) is 2.66. The highest BCUT2D eigenvalue weighted by Gasteiger charge is 2.06. The summed E-state index contributed by atoms with van der Waals surface area (Å²) < 4.78 is 5.21. The van der Waals surface area contributed by atoms with Gasteiger partial charge in [-0.1, -0.05) is 33.1 Å². The number of hydrogen-bond acceptors (Lipinski definition) is 3. The monoisotopic (exact) mass is 265 g/mol. The van der Waals surface area contributed by atoms with Gasteiger partial charge in [-0.15, -0.1) is 12.4 Å². The Morgan fingerprint density at radius 1 is 1.24 bits per heavy atom. The van der Waals surface area contributed by atoms with Crippen LogP contribution < -0.4 is 5.73 Å². The van der Waals surface area contributed by atoms with Crippen LogP contribution in [-0.2, 0) is 9.53 Å². The van der Waals surface area contributed by atoms with Crippen LogP contribution in [0.4, 0.5) is 0 Å². The number of ether oxygens (including phenoxy) is 1. The fourth-order valence-electron chi connectivity index (χ4n) is 1.53. The largest absolute Gasteiger partial charge is 0.465 e. The van der Waals surface area contributed by atoms with Gasteiger partial charge in [0.05, 0.1) is 6.61 Å². The number of unbranched alkanes of at least 4 members (excludes halogenated alkanes) is 3. The Balaban J connectivity index is 0. The van der Waals surface area contributed by atoms with Crippen molar-refractivity contribution in [3.05, 3.63) is 0 Å². The average molecular weight is 266 g/mol. The van der Waals surface area contributed by atoms with Crippen molar-refractivity contribution in [1.29, 1.82) is 0 Å². The van der Waals surface area contributed by atoms with Gasteiger partial charge in [-0.05, 0) is 31.7 Å². The lowest BCUT2D eigenvalue weighted by Crippen LogP contribution is -2.12. The smallest absolute Gasteiger partial charge is 0.305 e. The summed E-state index contributed by atoms with van der Waals surface area (Å²) in [5, 5.41) is 0. The maximum absolute atomic E-state index is 11.3. The number of carbonyl (C=O) groups is 1. The molecule has 2 N–H and O–H groups in total. The van der Waals surface area contributed by atoms with Gasteiger partial charge >= 0.3 is 5.97 Å². The van der Waals surface area contributed by atoms with E-state index in [-0.39, 0.29) is 18.4 Å². The Bertz CT molecular complexity index is 177. The zero-order valence-electron chi connectivity index (χ0n) is 11.2. The van der Waals surface area contributed by atoms with Crippen molar-refractivity contribution in [2.75, 3.05) is 13.2 Å². The SMILES string of the molecule is CCCCC(C)COC(=O)CCCCCN.Cl. The summed E-state index contributed by atoms with van der Waals surface area (Å²) in [5.41, 5.74) is 5.37. The minimum Gasteiger partial charge on any atom is -0.465 e. The molecule has 17 heavy (non-hydrogen) atoms. The Labute approximate surface area is 112 Å². The van der Waals surface area contributed by atoms with Crippen molar-refractivity contribution in [3.63, 3.8) is 0 Å². The molecule has 0 amide bonds. The lowest BCUT2D eigenvalue weighted by molar-refractivity contribution is -0.145. The third kappa shape index (κ3) is 13.7. The summed E-state index contributed by atoms with van der Waals surface area (Å²) in [7, 11) is 0. The van der Waals surface area contributed by atoms with Crippen LogP contribution in [0.5, 0.6) is 0 Å². The van der Waals surface area contributed by atoms with Crippen LogP contribution in [0.3, 0.4) is 0 Å². The highest BCUT2D eigenvalue weighted by atomic mass is 35.5. The molecule has 0 fully saturated rings. The second-order valence-electron chi connectivity index (χ2n) is 4.53. The molecule has 0 aromatic carbocycles. The molecular weight excluding hydrogens is 238 g/mol. The van der Waals surface area contributed by atoms with E-state index in [2.05, 4.69) is 13.8 Å². The second-order valence-corrected chi connectivity index (χ2v) is 4.53. The first kappa shape index (κ1) is 19.1. The van der Waals surface area contributed by atoms with E-state index < -0.39 is 0 Å². The van der Waals surface area contributed by atoms with Gasteiger partial charge in [0.25, 0.3) is 0 Å². The molecule has 0 heterocycles. The Morgan fingerprint density at radius 3 is 2.53 bits per heavy atom. The molecule has 0 aromatic rings. The van der Waals surface area contributed by atoms with Gasteiger partial charge in [-0.2, -0.15) is 0 Å². The van der Waals surface area contributed by atoms with Gasteiger partial charge in [-0.3, -0.25) is 4.79 Å². The molecule has 0 aromatic heterocycles. The first-order chi connectivity index (χ1) is 7.70. The van der Waals surface area contributed by atoms with E-state index in [1.807, 2.05) is 0 Å². The zero-order valence-corrected chi connectivity index (χ0v) is 12.1. The summed E-state index contributed by atoms with van der Waals surface area (Å²) in [4.78, 5) is 11.3. The molecule has 0 rings (SSSR count). The van der Waals surface area contributed by atoms with Crippen LogP contribution in [0.2, 0.25) is 0 Å². The van der Waals surface area contributed by atoms with Crippen LogP contribution in [-0.4, -0.2) is 19.1 Å². The molecule has 3 nitrogen and oxygen atoms in total. The standard InChI is InChI=1S/C13H27NO2.ClH/c1-3-4-8-12(2)11-16-13(15)9-6-5-7-10-14;/h12H,3-11,14H2,1-2H3;1H. The van der Waals surface area contributed by atoms with Crippen molar-refractivity contribution >= 4 is 18.4 Å². The fourth-order valence-corrected chi connectivity index (χ4v) is 1.53. The average Bonchev–Trinajstić information content (AvgIpc) is 2.29. The molecule has 1 atom stereocenters. The number of esters is 1. The molecule has 0 saturated carbocycles. The predicted molar refractivity (Wildman–Crippen MR) is 74.4 cm³/mol. The van der Waals surface area contributed by atoms with E-state index in [4.69, 9.17) is 10.5 Å². The van der Waals surface area contributed by atoms with Crippen molar-refractivity contribution in [3.8, 4) is 0 Å². The second kappa shape index (κ2) is 13.8. The van der Waals surface area contributed by atoms with Crippen LogP contribution in [0.15, 0.2) is 0 Å². The van der Waals surface area contributed by atoms with E-state index in [1.54, 1.807) is 0 Å². The quantitative estimate of drug-likeness (QED) is 0.487. The van der Waals surface area contributed by atoms with Crippen LogP contribution >= 0.6 is 12.4 Å². The molecule has 1 unspecified atom stereocenters. The molecule has 0 aliphatic heterocycles. The van der Waals surface area contributed by atoms with Crippen LogP contribution in [0.25, 0.3) is 0 Å². The topological polar surface area (TPSA) is 52.3 Å². The normalized spacial score (nSPS) is 11.7. The number of carbonyl (C=O) groups excluding carboxylic acids is 1. The van der Waals surface area contributed by atoms with Crippen LogP contribution in [0, 0.1) is 5.92 Å². The van der Waals surface area contributed by atoms with E-state index >= 15 is 0 Å².